The van der Waals surface area contributed by atoms with E-state index in [1.165, 1.54) is 12.1 Å². The van der Waals surface area contributed by atoms with Crippen molar-refractivity contribution in [3.63, 3.8) is 0 Å². The first kappa shape index (κ1) is 17.7. The Morgan fingerprint density at radius 1 is 1.19 bits per heavy atom. The van der Waals surface area contributed by atoms with Gasteiger partial charge in [0.15, 0.2) is 9.84 Å². The molecule has 0 saturated carbocycles. The zero-order chi connectivity index (χ0) is 18.7. The summed E-state index contributed by atoms with van der Waals surface area (Å²) in [5, 5.41) is 6.51. The number of hydrogen-bond acceptors (Lipinski definition) is 7. The predicted octanol–water partition coefficient (Wildman–Crippen LogP) is 1.77. The molecule has 0 fully saturated rings. The van der Waals surface area contributed by atoms with Gasteiger partial charge in [-0.2, -0.15) is 4.98 Å². The van der Waals surface area contributed by atoms with E-state index >= 15 is 0 Å². The van der Waals surface area contributed by atoms with Crippen LogP contribution in [0.1, 0.15) is 21.8 Å². The summed E-state index contributed by atoms with van der Waals surface area (Å²) in [5.74, 6) is 0.214. The summed E-state index contributed by atoms with van der Waals surface area (Å²) < 4.78 is 28.5. The number of hydrogen-bond donors (Lipinski definition) is 1. The van der Waals surface area contributed by atoms with Gasteiger partial charge >= 0.3 is 0 Å². The number of aromatic nitrogens is 3. The molecule has 2 heterocycles. The molecule has 0 unspecified atom stereocenters. The number of pyridine rings is 1. The maximum atomic E-state index is 12.4. The van der Waals surface area contributed by atoms with Gasteiger partial charge in [0.1, 0.15) is 0 Å². The number of nitrogens with one attached hydrogen (secondary N) is 1. The monoisotopic (exact) mass is 372 g/mol. The maximum absolute atomic E-state index is 12.4. The van der Waals surface area contributed by atoms with Gasteiger partial charge in [0, 0.05) is 29.8 Å². The largest absolute Gasteiger partial charge is 0.343 e. The zero-order valence-electron chi connectivity index (χ0n) is 14.1. The summed E-state index contributed by atoms with van der Waals surface area (Å²) in [7, 11) is -3.40. The Morgan fingerprint density at radius 3 is 2.62 bits per heavy atom. The standard InChI is InChI=1S/C17H16N4O4S/c1-11-3-4-13(26(2,23)24)9-14(11)17(22)19-10-15-20-16(21-25-15)12-5-7-18-8-6-12/h3-9H,10H2,1-2H3,(H,19,22). The average Bonchev–Trinajstić information content (AvgIpc) is 3.09. The quantitative estimate of drug-likeness (QED) is 0.726. The van der Waals surface area contributed by atoms with Gasteiger partial charge in [-0.1, -0.05) is 11.2 Å². The Balaban J connectivity index is 1.73. The lowest BCUT2D eigenvalue weighted by Gasteiger charge is -2.08. The third-order valence-corrected chi connectivity index (χ3v) is 4.80. The molecule has 0 spiro atoms. The van der Waals surface area contributed by atoms with Gasteiger partial charge in [-0.3, -0.25) is 9.78 Å². The second kappa shape index (κ2) is 7.04. The van der Waals surface area contributed by atoms with Crippen LogP contribution in [0.3, 0.4) is 0 Å². The van der Waals surface area contributed by atoms with Gasteiger partial charge in [0.2, 0.25) is 11.7 Å². The predicted molar refractivity (Wildman–Crippen MR) is 93.0 cm³/mol. The smallest absolute Gasteiger partial charge is 0.252 e. The first-order chi connectivity index (χ1) is 12.3. The molecule has 0 aliphatic rings. The van der Waals surface area contributed by atoms with Crippen molar-refractivity contribution >= 4 is 15.7 Å². The lowest BCUT2D eigenvalue weighted by Crippen LogP contribution is -2.24. The number of aryl methyl sites for hydroxylation is 1. The molecule has 2 aromatic heterocycles. The van der Waals surface area contributed by atoms with Crippen molar-refractivity contribution in [2.75, 3.05) is 6.26 Å². The summed E-state index contributed by atoms with van der Waals surface area (Å²) in [6, 6.07) is 7.91. The van der Waals surface area contributed by atoms with Crippen LogP contribution in [0.2, 0.25) is 0 Å². The van der Waals surface area contributed by atoms with Crippen LogP contribution in [-0.4, -0.2) is 35.7 Å². The minimum absolute atomic E-state index is 0.0272. The highest BCUT2D eigenvalue weighted by Crippen LogP contribution is 2.16. The van der Waals surface area contributed by atoms with Gasteiger partial charge in [-0.25, -0.2) is 8.42 Å². The number of carbonyl (C=O) groups excluding carboxylic acids is 1. The number of rotatable bonds is 5. The van der Waals surface area contributed by atoms with Crippen molar-refractivity contribution in [3.05, 3.63) is 59.7 Å². The summed E-state index contributed by atoms with van der Waals surface area (Å²) in [5.41, 5.74) is 1.69. The number of carbonyl (C=O) groups is 1. The van der Waals surface area contributed by atoms with Crippen LogP contribution >= 0.6 is 0 Å². The second-order valence-corrected chi connectivity index (χ2v) is 7.69. The van der Waals surface area contributed by atoms with E-state index in [1.807, 2.05) is 0 Å². The minimum Gasteiger partial charge on any atom is -0.343 e. The molecular formula is C17H16N4O4S. The summed E-state index contributed by atoms with van der Waals surface area (Å²) in [6.07, 6.45) is 4.33. The molecule has 134 valence electrons. The summed E-state index contributed by atoms with van der Waals surface area (Å²) in [4.78, 5) is 20.6. The van der Waals surface area contributed by atoms with E-state index in [-0.39, 0.29) is 22.9 Å². The molecule has 1 aromatic carbocycles. The Kier molecular flexibility index (Phi) is 4.81. The molecule has 3 aromatic rings. The van der Waals surface area contributed by atoms with Crippen LogP contribution in [0.4, 0.5) is 0 Å². The first-order valence-electron chi connectivity index (χ1n) is 7.66. The van der Waals surface area contributed by atoms with Crippen LogP contribution in [-0.2, 0) is 16.4 Å². The Bertz CT molecular complexity index is 1050. The van der Waals surface area contributed by atoms with Crippen LogP contribution in [0, 0.1) is 6.92 Å². The van der Waals surface area contributed by atoms with Crippen LogP contribution in [0.5, 0.6) is 0 Å². The number of nitrogens with zero attached hydrogens (tertiary/aromatic N) is 3. The fraction of sp³-hybridized carbons (Fsp3) is 0.176. The molecule has 9 heteroatoms. The van der Waals surface area contributed by atoms with Crippen molar-refractivity contribution in [2.24, 2.45) is 0 Å². The van der Waals surface area contributed by atoms with Crippen molar-refractivity contribution in [3.8, 4) is 11.4 Å². The third-order valence-electron chi connectivity index (χ3n) is 3.69. The molecule has 26 heavy (non-hydrogen) atoms. The van der Waals surface area contributed by atoms with Crippen LogP contribution in [0.25, 0.3) is 11.4 Å². The van der Waals surface area contributed by atoms with Crippen molar-refractivity contribution in [2.45, 2.75) is 18.4 Å². The zero-order valence-corrected chi connectivity index (χ0v) is 14.9. The Morgan fingerprint density at radius 2 is 1.92 bits per heavy atom. The SMILES string of the molecule is Cc1ccc(S(C)(=O)=O)cc1C(=O)NCc1nc(-c2ccncc2)no1. The molecule has 0 saturated heterocycles. The Hall–Kier alpha value is -3.07. The minimum atomic E-state index is -3.40. The van der Waals surface area contributed by atoms with E-state index in [9.17, 15) is 13.2 Å². The normalized spacial score (nSPS) is 11.3. The van der Waals surface area contributed by atoms with E-state index in [0.29, 0.717) is 11.4 Å². The van der Waals surface area contributed by atoms with E-state index in [4.69, 9.17) is 4.52 Å². The highest BCUT2D eigenvalue weighted by atomic mass is 32.2. The van der Waals surface area contributed by atoms with E-state index in [0.717, 1.165) is 11.8 Å². The van der Waals surface area contributed by atoms with Crippen molar-refractivity contribution in [1.82, 2.24) is 20.4 Å². The third kappa shape index (κ3) is 3.94. The molecule has 0 bridgehead atoms. The highest BCUT2D eigenvalue weighted by molar-refractivity contribution is 7.90. The van der Waals surface area contributed by atoms with E-state index < -0.39 is 15.7 Å². The second-order valence-electron chi connectivity index (χ2n) is 5.68. The van der Waals surface area contributed by atoms with Crippen molar-refractivity contribution < 1.29 is 17.7 Å². The lowest BCUT2D eigenvalue weighted by molar-refractivity contribution is 0.0945. The number of sulfone groups is 1. The van der Waals surface area contributed by atoms with Crippen molar-refractivity contribution in [1.29, 1.82) is 0 Å². The molecule has 1 amide bonds. The highest BCUT2D eigenvalue weighted by Gasteiger charge is 2.15. The van der Waals surface area contributed by atoms with Gasteiger partial charge < -0.3 is 9.84 Å². The van der Waals surface area contributed by atoms with Gasteiger partial charge in [-0.05, 0) is 36.8 Å². The molecule has 8 nitrogen and oxygen atoms in total. The van der Waals surface area contributed by atoms with Gasteiger partial charge in [0.25, 0.3) is 5.91 Å². The Labute approximate surface area is 150 Å². The molecule has 0 radical (unpaired) electrons. The number of benzene rings is 1. The lowest BCUT2D eigenvalue weighted by atomic mass is 10.1. The van der Waals surface area contributed by atoms with Gasteiger partial charge in [-0.15, -0.1) is 0 Å². The molecule has 0 atom stereocenters. The van der Waals surface area contributed by atoms with Crippen LogP contribution < -0.4 is 5.32 Å². The molecule has 1 N–H and O–H groups in total. The van der Waals surface area contributed by atoms with E-state index in [2.05, 4.69) is 20.4 Å². The molecular weight excluding hydrogens is 356 g/mol. The summed E-state index contributed by atoms with van der Waals surface area (Å²) >= 11 is 0. The molecule has 3 rings (SSSR count). The average molecular weight is 372 g/mol. The summed E-state index contributed by atoms with van der Waals surface area (Å²) in [6.45, 7) is 1.76. The fourth-order valence-corrected chi connectivity index (χ4v) is 2.92. The topological polar surface area (TPSA) is 115 Å². The number of amides is 1. The first-order valence-corrected chi connectivity index (χ1v) is 9.55. The molecule has 0 aliphatic heterocycles. The fourth-order valence-electron chi connectivity index (χ4n) is 2.27. The molecule has 0 aliphatic carbocycles. The maximum Gasteiger partial charge on any atom is 0.252 e. The van der Waals surface area contributed by atoms with E-state index in [1.54, 1.807) is 37.5 Å². The van der Waals surface area contributed by atoms with Crippen LogP contribution in [0.15, 0.2) is 52.1 Å². The van der Waals surface area contributed by atoms with Gasteiger partial charge in [0.05, 0.1) is 11.4 Å².